The van der Waals surface area contributed by atoms with Crippen LogP contribution in [0.3, 0.4) is 0 Å². The van der Waals surface area contributed by atoms with E-state index in [2.05, 4.69) is 10.3 Å². The van der Waals surface area contributed by atoms with Crippen LogP contribution in [0.2, 0.25) is 5.02 Å². The molecule has 0 radical (unpaired) electrons. The van der Waals surface area contributed by atoms with Crippen LogP contribution in [0.4, 0.5) is 5.95 Å². The fourth-order valence-electron chi connectivity index (χ4n) is 2.83. The predicted octanol–water partition coefficient (Wildman–Crippen LogP) is 4.18. The van der Waals surface area contributed by atoms with Gasteiger partial charge in [-0.05, 0) is 23.8 Å². The quantitative estimate of drug-likeness (QED) is 0.607. The fourth-order valence-corrected chi connectivity index (χ4v) is 2.95. The second kappa shape index (κ2) is 8.79. The Balaban J connectivity index is 1.86. The van der Waals surface area contributed by atoms with Gasteiger partial charge in [-0.15, -0.1) is 0 Å². The Labute approximate surface area is 163 Å². The first-order chi connectivity index (χ1) is 13.1. The van der Waals surface area contributed by atoms with Crippen molar-refractivity contribution in [1.29, 1.82) is 0 Å². The maximum atomic E-state index is 10.3. The number of aromatic nitrogens is 2. The second-order valence-electron chi connectivity index (χ2n) is 5.94. The van der Waals surface area contributed by atoms with Crippen molar-refractivity contribution in [1.82, 2.24) is 9.55 Å². The molecule has 0 aliphatic heterocycles. The number of hydrogen-bond acceptors (Lipinski definition) is 5. The molecule has 2 N–H and O–H groups in total. The Bertz CT molecular complexity index is 894. The summed E-state index contributed by atoms with van der Waals surface area (Å²) in [4.78, 5) is 4.51. The molecule has 1 heterocycles. The number of imidazole rings is 1. The first kappa shape index (κ1) is 19.1. The molecule has 0 aliphatic carbocycles. The smallest absolute Gasteiger partial charge is 0.203 e. The maximum absolute atomic E-state index is 10.3. The summed E-state index contributed by atoms with van der Waals surface area (Å²) in [6, 6.07) is 13.0. The second-order valence-corrected chi connectivity index (χ2v) is 6.38. The first-order valence-electron chi connectivity index (χ1n) is 8.53. The monoisotopic (exact) mass is 387 g/mol. The molecule has 0 saturated heterocycles. The Morgan fingerprint density at radius 1 is 1.15 bits per heavy atom. The van der Waals surface area contributed by atoms with Crippen molar-refractivity contribution in [2.75, 3.05) is 26.1 Å². The number of aromatic hydroxyl groups is 1. The molecule has 2 aromatic carbocycles. The number of nitrogens with one attached hydrogen (secondary N) is 1. The number of halogens is 1. The third-order valence-electron chi connectivity index (χ3n) is 4.25. The molecule has 7 heteroatoms. The van der Waals surface area contributed by atoms with E-state index < -0.39 is 0 Å². The molecule has 0 amide bonds. The van der Waals surface area contributed by atoms with Gasteiger partial charge in [-0.3, -0.25) is 0 Å². The van der Waals surface area contributed by atoms with E-state index in [4.69, 9.17) is 21.1 Å². The van der Waals surface area contributed by atoms with Crippen molar-refractivity contribution in [3.8, 4) is 22.8 Å². The number of para-hydroxylation sites is 1. The zero-order valence-electron chi connectivity index (χ0n) is 15.3. The van der Waals surface area contributed by atoms with E-state index >= 15 is 0 Å². The highest BCUT2D eigenvalue weighted by Crippen LogP contribution is 2.30. The average Bonchev–Trinajstić information content (AvgIpc) is 3.09. The number of methoxy groups -OCH3 is 2. The summed E-state index contributed by atoms with van der Waals surface area (Å²) in [5, 5.41) is 14.2. The molecule has 3 aromatic rings. The molecular weight excluding hydrogens is 366 g/mol. The summed E-state index contributed by atoms with van der Waals surface area (Å²) >= 11 is 6.00. The lowest BCUT2D eigenvalue weighted by atomic mass is 10.1. The van der Waals surface area contributed by atoms with Gasteiger partial charge in [-0.1, -0.05) is 35.9 Å². The van der Waals surface area contributed by atoms with Crippen LogP contribution in [0.15, 0.2) is 48.7 Å². The van der Waals surface area contributed by atoms with Crippen molar-refractivity contribution < 1.29 is 14.6 Å². The molecule has 0 spiro atoms. The number of phenolic OH excluding ortho intramolecular Hbond substituents is 1. The summed E-state index contributed by atoms with van der Waals surface area (Å²) in [6.07, 6.45) is 1.81. The van der Waals surface area contributed by atoms with Crippen molar-refractivity contribution >= 4 is 17.5 Å². The van der Waals surface area contributed by atoms with Crippen LogP contribution in [-0.4, -0.2) is 35.5 Å². The minimum Gasteiger partial charge on any atom is -0.504 e. The third-order valence-corrected chi connectivity index (χ3v) is 4.51. The molecule has 1 aromatic heterocycles. The zero-order valence-corrected chi connectivity index (χ0v) is 16.0. The molecule has 6 nitrogen and oxygen atoms in total. The largest absolute Gasteiger partial charge is 0.504 e. The molecule has 142 valence electrons. The third kappa shape index (κ3) is 4.35. The highest BCUT2D eigenvalue weighted by atomic mass is 35.5. The van der Waals surface area contributed by atoms with Gasteiger partial charge >= 0.3 is 0 Å². The fraction of sp³-hybridized carbons (Fsp3) is 0.250. The number of hydrogen-bond donors (Lipinski definition) is 2. The maximum Gasteiger partial charge on any atom is 0.203 e. The number of phenols is 1. The van der Waals surface area contributed by atoms with E-state index in [1.807, 2.05) is 47.2 Å². The molecule has 0 fully saturated rings. The summed E-state index contributed by atoms with van der Waals surface area (Å²) in [6.45, 7) is 1.60. The predicted molar refractivity (Wildman–Crippen MR) is 107 cm³/mol. The molecule has 0 atom stereocenters. The van der Waals surface area contributed by atoms with Gasteiger partial charge in [0.05, 0.1) is 25.6 Å². The van der Waals surface area contributed by atoms with Gasteiger partial charge in [0.25, 0.3) is 0 Å². The van der Waals surface area contributed by atoms with E-state index in [0.717, 1.165) is 16.8 Å². The van der Waals surface area contributed by atoms with Crippen LogP contribution in [-0.2, 0) is 17.8 Å². The molecular formula is C20H22ClN3O3. The zero-order chi connectivity index (χ0) is 19.2. The molecule has 27 heavy (non-hydrogen) atoms. The Hall–Kier alpha value is -2.70. The molecule has 0 unspecified atom stereocenters. The number of anilines is 1. The Morgan fingerprint density at radius 2 is 1.93 bits per heavy atom. The van der Waals surface area contributed by atoms with E-state index in [0.29, 0.717) is 36.4 Å². The van der Waals surface area contributed by atoms with Crippen LogP contribution >= 0.6 is 11.6 Å². The van der Waals surface area contributed by atoms with Gasteiger partial charge in [0.1, 0.15) is 0 Å². The van der Waals surface area contributed by atoms with Gasteiger partial charge in [0.2, 0.25) is 5.95 Å². The standard InChI is InChI=1S/C20H22ClN3O3/c1-26-11-10-24-17(14-6-8-16(21)9-7-14)13-23-20(24)22-12-15-4-3-5-18(27-2)19(15)25/h3-9,13,25H,10-12H2,1-2H3,(H,22,23). The van der Waals surface area contributed by atoms with Crippen molar-refractivity contribution in [3.05, 3.63) is 59.2 Å². The highest BCUT2D eigenvalue weighted by molar-refractivity contribution is 6.30. The lowest BCUT2D eigenvalue weighted by Crippen LogP contribution is -2.11. The lowest BCUT2D eigenvalue weighted by molar-refractivity contribution is 0.188. The first-order valence-corrected chi connectivity index (χ1v) is 8.91. The Kier molecular flexibility index (Phi) is 6.21. The van der Waals surface area contributed by atoms with Crippen molar-refractivity contribution in [3.63, 3.8) is 0 Å². The summed E-state index contributed by atoms with van der Waals surface area (Å²) in [5.74, 6) is 1.26. The number of rotatable bonds is 8. The van der Waals surface area contributed by atoms with Gasteiger partial charge in [0.15, 0.2) is 11.5 Å². The number of nitrogens with zero attached hydrogens (tertiary/aromatic N) is 2. The normalized spacial score (nSPS) is 10.8. The minimum atomic E-state index is 0.125. The van der Waals surface area contributed by atoms with Crippen LogP contribution in [0, 0.1) is 0 Å². The molecule has 3 rings (SSSR count). The van der Waals surface area contributed by atoms with E-state index in [1.54, 1.807) is 13.2 Å². The Morgan fingerprint density at radius 3 is 2.63 bits per heavy atom. The molecule has 0 saturated carbocycles. The minimum absolute atomic E-state index is 0.125. The highest BCUT2D eigenvalue weighted by Gasteiger charge is 2.13. The number of ether oxygens (including phenoxy) is 2. The summed E-state index contributed by atoms with van der Waals surface area (Å²) in [5.41, 5.74) is 2.70. The van der Waals surface area contributed by atoms with E-state index in [1.165, 1.54) is 7.11 Å². The van der Waals surface area contributed by atoms with Crippen LogP contribution in [0.25, 0.3) is 11.3 Å². The van der Waals surface area contributed by atoms with Crippen LogP contribution in [0.1, 0.15) is 5.56 Å². The van der Waals surface area contributed by atoms with Gasteiger partial charge in [0, 0.05) is 30.8 Å². The van der Waals surface area contributed by atoms with Crippen molar-refractivity contribution in [2.45, 2.75) is 13.1 Å². The molecule has 0 aliphatic rings. The SMILES string of the molecule is COCCn1c(-c2ccc(Cl)cc2)cnc1NCc1cccc(OC)c1O. The van der Waals surface area contributed by atoms with Gasteiger partial charge < -0.3 is 24.5 Å². The summed E-state index contributed by atoms with van der Waals surface area (Å²) < 4.78 is 12.4. The van der Waals surface area contributed by atoms with Gasteiger partial charge in [-0.25, -0.2) is 4.98 Å². The summed E-state index contributed by atoms with van der Waals surface area (Å²) in [7, 11) is 3.20. The van der Waals surface area contributed by atoms with Crippen LogP contribution in [0.5, 0.6) is 11.5 Å². The van der Waals surface area contributed by atoms with Crippen LogP contribution < -0.4 is 10.1 Å². The van der Waals surface area contributed by atoms with Gasteiger partial charge in [-0.2, -0.15) is 0 Å². The lowest BCUT2D eigenvalue weighted by Gasteiger charge is -2.14. The topological polar surface area (TPSA) is 68.5 Å². The average molecular weight is 388 g/mol. The van der Waals surface area contributed by atoms with Crippen molar-refractivity contribution in [2.24, 2.45) is 0 Å². The number of benzene rings is 2. The van der Waals surface area contributed by atoms with E-state index in [9.17, 15) is 5.11 Å². The van der Waals surface area contributed by atoms with E-state index in [-0.39, 0.29) is 5.75 Å². The molecule has 0 bridgehead atoms.